The van der Waals surface area contributed by atoms with Gasteiger partial charge in [0.15, 0.2) is 0 Å². The Kier molecular flexibility index (Phi) is 13.0. The molecule has 1 unspecified atom stereocenters. The largest absolute Gasteiger partial charge is 0.310 e. The minimum Gasteiger partial charge on any atom is -0.310 e. The Balaban J connectivity index is 0.000000689. The van der Waals surface area contributed by atoms with E-state index in [-0.39, 0.29) is 5.92 Å². The highest BCUT2D eigenvalue weighted by atomic mass is 15.0. The third-order valence-electron chi connectivity index (χ3n) is 12.9. The van der Waals surface area contributed by atoms with Crippen molar-refractivity contribution in [1.29, 1.82) is 0 Å². The molecule has 5 aromatic carbocycles. The minimum absolute atomic E-state index is 0.197. The number of allylic oxidation sites excluding steroid dienone is 13. The summed E-state index contributed by atoms with van der Waals surface area (Å²) in [6.07, 6.45) is 31.6. The molecule has 3 aliphatic carbocycles. The summed E-state index contributed by atoms with van der Waals surface area (Å²) in [5.41, 5.74) is 20.4. The fraction of sp³-hybridized carbons (Fsp3) is 0.213. The van der Waals surface area contributed by atoms with Gasteiger partial charge in [-0.15, -0.1) is 0 Å². The van der Waals surface area contributed by atoms with Gasteiger partial charge in [-0.25, -0.2) is 0 Å². The van der Waals surface area contributed by atoms with Crippen LogP contribution in [0, 0.1) is 13.8 Å². The Morgan fingerprint density at radius 2 is 1.40 bits per heavy atom. The number of nitrogens with zero attached hydrogens (tertiary/aromatic N) is 1. The Labute approximate surface area is 370 Å². The smallest absolute Gasteiger partial charge is 0.0541 e. The Bertz CT molecular complexity index is 2980. The number of fused-ring (bicyclic) bond motifs is 3. The first-order chi connectivity index (χ1) is 30.2. The first kappa shape index (κ1) is 42.3. The molecule has 310 valence electrons. The molecule has 0 spiro atoms. The standard InChI is InChI=1S/C54H51N.C7H10/c1-7-17-46(36(3)8-2)51-33-43(27-30-48(51)39(6)41-21-16-22-42(32-41)40-19-10-9-11-20-40)44-28-31-54-52(34-44)49-24-14-15-25-53(49)55(54)45-29-26-38(5)50(35-45)47-23-13-12-18-37(47)4;1-7-5-3-2-4-6-7/h7-8,10,12-13,16-35,39H,2,9,11,14-15H2,1,3-6H3;3,5-6H,2,4H2,1H3/b17-7-,46-36+;. The summed E-state index contributed by atoms with van der Waals surface area (Å²) in [5, 5.41) is 3.94. The molecule has 0 aliphatic heterocycles. The third-order valence-corrected chi connectivity index (χ3v) is 12.9. The molecule has 0 saturated carbocycles. The van der Waals surface area contributed by atoms with Crippen LogP contribution < -0.4 is 10.6 Å². The second-order valence-corrected chi connectivity index (χ2v) is 17.2. The van der Waals surface area contributed by atoms with Crippen LogP contribution in [-0.4, -0.2) is 4.57 Å². The zero-order valence-corrected chi connectivity index (χ0v) is 37.6. The maximum Gasteiger partial charge on any atom is 0.0541 e. The number of benzene rings is 5. The number of hydrogen-bond donors (Lipinski definition) is 0. The molecule has 0 radical (unpaired) electrons. The lowest BCUT2D eigenvalue weighted by Gasteiger charge is -2.21. The fourth-order valence-electron chi connectivity index (χ4n) is 9.37. The van der Waals surface area contributed by atoms with Gasteiger partial charge >= 0.3 is 0 Å². The topological polar surface area (TPSA) is 4.93 Å². The van der Waals surface area contributed by atoms with Crippen molar-refractivity contribution in [2.75, 3.05) is 0 Å². The van der Waals surface area contributed by atoms with E-state index in [1.807, 2.05) is 6.08 Å². The summed E-state index contributed by atoms with van der Waals surface area (Å²) in [4.78, 5) is 0. The van der Waals surface area contributed by atoms with Crippen LogP contribution in [-0.2, 0) is 0 Å². The van der Waals surface area contributed by atoms with Crippen molar-refractivity contribution >= 4 is 34.2 Å². The molecule has 1 nitrogen and oxygen atoms in total. The lowest BCUT2D eigenvalue weighted by atomic mass is 9.83. The summed E-state index contributed by atoms with van der Waals surface area (Å²) in [5.74, 6) is 0.197. The van der Waals surface area contributed by atoms with Gasteiger partial charge in [-0.3, -0.25) is 0 Å². The zero-order valence-electron chi connectivity index (χ0n) is 37.6. The molecule has 0 N–H and O–H groups in total. The average molecular weight is 808 g/mol. The van der Waals surface area contributed by atoms with Crippen molar-refractivity contribution in [3.8, 4) is 27.9 Å². The fourth-order valence-corrected chi connectivity index (χ4v) is 9.37. The van der Waals surface area contributed by atoms with Gasteiger partial charge in [0, 0.05) is 27.6 Å². The van der Waals surface area contributed by atoms with Crippen molar-refractivity contribution in [3.63, 3.8) is 0 Å². The van der Waals surface area contributed by atoms with E-state index in [9.17, 15) is 0 Å². The van der Waals surface area contributed by atoms with Crippen LogP contribution >= 0.6 is 0 Å². The monoisotopic (exact) mass is 807 g/mol. The van der Waals surface area contributed by atoms with Crippen molar-refractivity contribution in [3.05, 3.63) is 219 Å². The first-order valence-corrected chi connectivity index (χ1v) is 22.7. The number of rotatable bonds is 9. The maximum absolute atomic E-state index is 4.19. The van der Waals surface area contributed by atoms with Crippen LogP contribution in [0.4, 0.5) is 0 Å². The zero-order chi connectivity index (χ0) is 43.2. The summed E-state index contributed by atoms with van der Waals surface area (Å²) < 4.78 is 2.48. The van der Waals surface area contributed by atoms with Gasteiger partial charge in [-0.05, 0) is 176 Å². The summed E-state index contributed by atoms with van der Waals surface area (Å²) in [6, 6.07) is 39.0. The molecule has 6 aromatic rings. The van der Waals surface area contributed by atoms with Gasteiger partial charge in [-0.1, -0.05) is 159 Å². The van der Waals surface area contributed by atoms with Crippen LogP contribution in [0.5, 0.6) is 0 Å². The highest BCUT2D eigenvalue weighted by molar-refractivity contribution is 5.91. The molecule has 0 fully saturated rings. The van der Waals surface area contributed by atoms with Crippen LogP contribution in [0.1, 0.15) is 106 Å². The van der Waals surface area contributed by atoms with E-state index in [0.717, 1.165) is 25.7 Å². The van der Waals surface area contributed by atoms with Gasteiger partial charge in [0.25, 0.3) is 0 Å². The van der Waals surface area contributed by atoms with Crippen LogP contribution in [0.25, 0.3) is 62.1 Å². The van der Waals surface area contributed by atoms with Crippen LogP contribution in [0.3, 0.4) is 0 Å². The van der Waals surface area contributed by atoms with E-state index < -0.39 is 0 Å². The highest BCUT2D eigenvalue weighted by Crippen LogP contribution is 2.38. The van der Waals surface area contributed by atoms with E-state index in [1.54, 1.807) is 0 Å². The molecule has 9 rings (SSSR count). The number of aromatic nitrogens is 1. The molecule has 1 heteroatoms. The third kappa shape index (κ3) is 8.81. The van der Waals surface area contributed by atoms with Crippen molar-refractivity contribution in [2.45, 2.75) is 86.0 Å². The molecule has 0 bridgehead atoms. The minimum atomic E-state index is 0.197. The van der Waals surface area contributed by atoms with Crippen molar-refractivity contribution in [2.24, 2.45) is 0 Å². The predicted octanol–water partition coefficient (Wildman–Crippen LogP) is 15.6. The normalized spacial score (nSPS) is 15.4. The van der Waals surface area contributed by atoms with E-state index in [0.29, 0.717) is 0 Å². The SMILES string of the molecule is C=C/C(C)=C(\C=C/C)c1cc(-c2ccc3c(c2)c2c(n3-c3ccc(C)c(-c4ccccc4C)c3)=CCCC=2)ccc1C(C)c1cccc(C2=CCCC=C2)c1.CC1=CCCC=C1. The molecule has 0 saturated heterocycles. The lowest BCUT2D eigenvalue weighted by Crippen LogP contribution is -2.30. The second-order valence-electron chi connectivity index (χ2n) is 17.2. The van der Waals surface area contributed by atoms with Crippen LogP contribution in [0.15, 0.2) is 176 Å². The quantitative estimate of drug-likeness (QED) is 0.128. The Hall–Kier alpha value is -6.44. The molecule has 62 heavy (non-hydrogen) atoms. The van der Waals surface area contributed by atoms with Crippen molar-refractivity contribution < 1.29 is 0 Å². The van der Waals surface area contributed by atoms with Gasteiger partial charge in [0.1, 0.15) is 0 Å². The van der Waals surface area contributed by atoms with E-state index in [2.05, 4.69) is 217 Å². The van der Waals surface area contributed by atoms with E-state index in [1.165, 1.54) is 118 Å². The molecule has 1 atom stereocenters. The Morgan fingerprint density at radius 3 is 2.13 bits per heavy atom. The molecular formula is C61H61N. The number of aryl methyl sites for hydroxylation is 2. The average Bonchev–Trinajstić information content (AvgIpc) is 3.65. The number of hydrogen-bond acceptors (Lipinski definition) is 0. The summed E-state index contributed by atoms with van der Waals surface area (Å²) in [6.45, 7) is 17.4. The van der Waals surface area contributed by atoms with Crippen molar-refractivity contribution in [1.82, 2.24) is 4.57 Å². The van der Waals surface area contributed by atoms with Gasteiger partial charge in [0.2, 0.25) is 0 Å². The van der Waals surface area contributed by atoms with E-state index in [4.69, 9.17) is 0 Å². The first-order valence-electron chi connectivity index (χ1n) is 22.7. The summed E-state index contributed by atoms with van der Waals surface area (Å²) >= 11 is 0. The lowest BCUT2D eigenvalue weighted by molar-refractivity contribution is 0.917. The van der Waals surface area contributed by atoms with E-state index >= 15 is 0 Å². The van der Waals surface area contributed by atoms with Gasteiger partial charge in [0.05, 0.1) is 5.52 Å². The summed E-state index contributed by atoms with van der Waals surface area (Å²) in [7, 11) is 0. The molecular weight excluding hydrogens is 747 g/mol. The maximum atomic E-state index is 4.19. The van der Waals surface area contributed by atoms with Crippen LogP contribution in [0.2, 0.25) is 0 Å². The molecule has 0 amide bonds. The molecule has 3 aliphatic rings. The van der Waals surface area contributed by atoms with Gasteiger partial charge < -0.3 is 4.57 Å². The Morgan fingerprint density at radius 1 is 0.661 bits per heavy atom. The predicted molar refractivity (Wildman–Crippen MR) is 271 cm³/mol. The van der Waals surface area contributed by atoms with Gasteiger partial charge in [-0.2, -0.15) is 0 Å². The molecule has 1 heterocycles. The molecule has 1 aromatic heterocycles. The highest BCUT2D eigenvalue weighted by Gasteiger charge is 2.19. The second kappa shape index (κ2) is 19.1.